The number of hydroxylamine groups is 1. The Hall–Kier alpha value is -2.43. The van der Waals surface area contributed by atoms with Crippen molar-refractivity contribution in [3.05, 3.63) is 71.8 Å². The minimum absolute atomic E-state index is 0.167. The van der Waals surface area contributed by atoms with E-state index in [2.05, 4.69) is 72.3 Å². The van der Waals surface area contributed by atoms with Gasteiger partial charge in [0.15, 0.2) is 0 Å². The first-order chi connectivity index (χ1) is 14.7. The molecule has 4 atom stereocenters. The number of hydrogen-bond acceptors (Lipinski definition) is 3. The largest absolute Gasteiger partial charge is 0.307 e. The average Bonchev–Trinajstić information content (AvgIpc) is 2.79. The quantitative estimate of drug-likeness (QED) is 0.648. The maximum atomic E-state index is 11.9. The summed E-state index contributed by atoms with van der Waals surface area (Å²) in [4.78, 5) is 16.6. The highest BCUT2D eigenvalue weighted by Crippen LogP contribution is 2.36. The molecule has 1 fully saturated rings. The Bertz CT molecular complexity index is 944. The standard InChI is InChI=1S/C26H32N2O2/c1-18(24-12-6-8-20-7-3-4-11-25(20)24)27-23-10-5-9-22(17-23)19-13-15-21(16-14-19)26(29)28-30-2/h3-4,6-8,11-13,15-16,18-19,22-23,27H,5,9-10,14,17H2,1-2H3,(H,28,29)/t18-,19?,22+,23+/m1/s1. The van der Waals surface area contributed by atoms with Crippen LogP contribution in [0.3, 0.4) is 0 Å². The maximum absolute atomic E-state index is 11.9. The third kappa shape index (κ3) is 4.66. The number of hydrogen-bond donors (Lipinski definition) is 2. The lowest BCUT2D eigenvalue weighted by Crippen LogP contribution is -2.37. The summed E-state index contributed by atoms with van der Waals surface area (Å²) in [6.07, 6.45) is 12.1. The Morgan fingerprint density at radius 1 is 1.13 bits per heavy atom. The first kappa shape index (κ1) is 20.8. The summed E-state index contributed by atoms with van der Waals surface area (Å²) in [6.45, 7) is 2.29. The zero-order valence-corrected chi connectivity index (χ0v) is 17.9. The SMILES string of the molecule is CONC(=O)C1=CCC([C@H]2CCC[C@H](N[C@H](C)c3cccc4ccccc34)C2)C=C1. The Morgan fingerprint density at radius 3 is 2.77 bits per heavy atom. The summed E-state index contributed by atoms with van der Waals surface area (Å²) >= 11 is 0. The molecule has 1 amide bonds. The maximum Gasteiger partial charge on any atom is 0.274 e. The summed E-state index contributed by atoms with van der Waals surface area (Å²) in [5.41, 5.74) is 4.47. The monoisotopic (exact) mass is 404 g/mol. The van der Waals surface area contributed by atoms with E-state index in [1.165, 1.54) is 49.1 Å². The van der Waals surface area contributed by atoms with Crippen LogP contribution in [0.25, 0.3) is 10.8 Å². The highest BCUT2D eigenvalue weighted by atomic mass is 16.6. The molecule has 2 aromatic rings. The predicted octanol–water partition coefficient (Wildman–Crippen LogP) is 5.23. The fraction of sp³-hybridized carbons (Fsp3) is 0.423. The van der Waals surface area contributed by atoms with Crippen molar-refractivity contribution < 1.29 is 9.63 Å². The molecule has 2 aromatic carbocycles. The molecule has 30 heavy (non-hydrogen) atoms. The van der Waals surface area contributed by atoms with Gasteiger partial charge in [0, 0.05) is 17.7 Å². The van der Waals surface area contributed by atoms with Gasteiger partial charge in [-0.25, -0.2) is 5.48 Å². The van der Waals surface area contributed by atoms with Crippen LogP contribution in [-0.4, -0.2) is 19.1 Å². The molecule has 158 valence electrons. The van der Waals surface area contributed by atoms with Crippen LogP contribution in [-0.2, 0) is 9.63 Å². The van der Waals surface area contributed by atoms with Gasteiger partial charge in [-0.1, -0.05) is 67.1 Å². The number of amides is 1. The van der Waals surface area contributed by atoms with E-state index in [1.807, 2.05) is 6.08 Å². The number of benzene rings is 2. The summed E-state index contributed by atoms with van der Waals surface area (Å²) in [5.74, 6) is 1.01. The van der Waals surface area contributed by atoms with Crippen molar-refractivity contribution in [1.29, 1.82) is 0 Å². The molecule has 0 aromatic heterocycles. The van der Waals surface area contributed by atoms with E-state index in [4.69, 9.17) is 4.84 Å². The van der Waals surface area contributed by atoms with Crippen LogP contribution >= 0.6 is 0 Å². The molecule has 1 unspecified atom stereocenters. The zero-order valence-electron chi connectivity index (χ0n) is 17.9. The molecule has 0 spiro atoms. The van der Waals surface area contributed by atoms with E-state index in [9.17, 15) is 4.79 Å². The number of carbonyl (C=O) groups is 1. The minimum Gasteiger partial charge on any atom is -0.307 e. The second-order valence-corrected chi connectivity index (χ2v) is 8.63. The molecular weight excluding hydrogens is 372 g/mol. The first-order valence-electron chi connectivity index (χ1n) is 11.1. The zero-order chi connectivity index (χ0) is 20.9. The van der Waals surface area contributed by atoms with E-state index in [-0.39, 0.29) is 5.91 Å². The number of allylic oxidation sites excluding steroid dienone is 2. The van der Waals surface area contributed by atoms with Crippen LogP contribution < -0.4 is 10.8 Å². The van der Waals surface area contributed by atoms with Gasteiger partial charge < -0.3 is 5.32 Å². The van der Waals surface area contributed by atoms with Gasteiger partial charge in [0.1, 0.15) is 0 Å². The minimum atomic E-state index is -0.167. The van der Waals surface area contributed by atoms with Gasteiger partial charge in [-0.3, -0.25) is 9.63 Å². The predicted molar refractivity (Wildman–Crippen MR) is 122 cm³/mol. The topological polar surface area (TPSA) is 50.4 Å². The second-order valence-electron chi connectivity index (χ2n) is 8.63. The van der Waals surface area contributed by atoms with Gasteiger partial charge in [-0.15, -0.1) is 0 Å². The first-order valence-corrected chi connectivity index (χ1v) is 11.1. The lowest BCUT2D eigenvalue weighted by atomic mass is 9.75. The molecule has 0 saturated heterocycles. The third-order valence-electron chi connectivity index (χ3n) is 6.69. The summed E-state index contributed by atoms with van der Waals surface area (Å²) in [6, 6.07) is 16.1. The van der Waals surface area contributed by atoms with Crippen LogP contribution in [0, 0.1) is 11.8 Å². The van der Waals surface area contributed by atoms with Gasteiger partial charge in [0.2, 0.25) is 0 Å². The fourth-order valence-electron chi connectivity index (χ4n) is 5.15. The summed E-state index contributed by atoms with van der Waals surface area (Å²) in [7, 11) is 1.46. The molecule has 2 aliphatic rings. The van der Waals surface area contributed by atoms with Crippen molar-refractivity contribution in [2.24, 2.45) is 11.8 Å². The van der Waals surface area contributed by atoms with Crippen LogP contribution in [0.4, 0.5) is 0 Å². The van der Waals surface area contributed by atoms with Crippen molar-refractivity contribution in [2.75, 3.05) is 7.11 Å². The molecule has 0 aliphatic heterocycles. The normalized spacial score (nSPS) is 25.0. The highest BCUT2D eigenvalue weighted by molar-refractivity contribution is 5.95. The van der Waals surface area contributed by atoms with E-state index in [0.29, 0.717) is 29.5 Å². The number of carbonyl (C=O) groups excluding carboxylic acids is 1. The number of fused-ring (bicyclic) bond motifs is 1. The lowest BCUT2D eigenvalue weighted by Gasteiger charge is -2.36. The third-order valence-corrected chi connectivity index (χ3v) is 6.69. The van der Waals surface area contributed by atoms with Gasteiger partial charge in [-0.05, 0) is 60.8 Å². The van der Waals surface area contributed by atoms with Gasteiger partial charge >= 0.3 is 0 Å². The Balaban J connectivity index is 1.38. The van der Waals surface area contributed by atoms with Crippen molar-refractivity contribution >= 4 is 16.7 Å². The van der Waals surface area contributed by atoms with Crippen molar-refractivity contribution in [3.63, 3.8) is 0 Å². The molecule has 1 saturated carbocycles. The van der Waals surface area contributed by atoms with Crippen LogP contribution in [0.5, 0.6) is 0 Å². The number of rotatable bonds is 6. The van der Waals surface area contributed by atoms with Crippen LogP contribution in [0.1, 0.15) is 50.6 Å². The smallest absolute Gasteiger partial charge is 0.274 e. The Kier molecular flexibility index (Phi) is 6.66. The molecule has 4 heteroatoms. The van der Waals surface area contributed by atoms with Crippen molar-refractivity contribution in [1.82, 2.24) is 10.8 Å². The molecule has 4 nitrogen and oxygen atoms in total. The summed E-state index contributed by atoms with van der Waals surface area (Å²) in [5, 5.41) is 6.57. The van der Waals surface area contributed by atoms with Crippen LogP contribution in [0.2, 0.25) is 0 Å². The molecule has 2 N–H and O–H groups in total. The van der Waals surface area contributed by atoms with E-state index in [1.54, 1.807) is 0 Å². The van der Waals surface area contributed by atoms with E-state index >= 15 is 0 Å². The highest BCUT2D eigenvalue weighted by Gasteiger charge is 2.29. The lowest BCUT2D eigenvalue weighted by molar-refractivity contribution is -0.127. The summed E-state index contributed by atoms with van der Waals surface area (Å²) < 4.78 is 0. The van der Waals surface area contributed by atoms with Gasteiger partial charge in [0.05, 0.1) is 7.11 Å². The van der Waals surface area contributed by atoms with Crippen LogP contribution in [0.15, 0.2) is 66.3 Å². The van der Waals surface area contributed by atoms with Gasteiger partial charge in [-0.2, -0.15) is 0 Å². The molecule has 0 radical (unpaired) electrons. The van der Waals surface area contributed by atoms with Gasteiger partial charge in [0.25, 0.3) is 5.91 Å². The van der Waals surface area contributed by atoms with Crippen molar-refractivity contribution in [2.45, 2.75) is 51.1 Å². The Labute approximate surface area is 179 Å². The van der Waals surface area contributed by atoms with E-state index in [0.717, 1.165) is 6.42 Å². The molecule has 0 bridgehead atoms. The Morgan fingerprint density at radius 2 is 1.97 bits per heavy atom. The molecular formula is C26H32N2O2. The second kappa shape index (κ2) is 9.59. The molecule has 4 rings (SSSR count). The fourth-order valence-corrected chi connectivity index (χ4v) is 5.15. The molecule has 0 heterocycles. The van der Waals surface area contributed by atoms with Crippen molar-refractivity contribution in [3.8, 4) is 0 Å². The van der Waals surface area contributed by atoms with E-state index < -0.39 is 0 Å². The average molecular weight is 405 g/mol. The molecule has 2 aliphatic carbocycles. The number of nitrogens with one attached hydrogen (secondary N) is 2.